The second-order valence-corrected chi connectivity index (χ2v) is 6.92. The summed E-state index contributed by atoms with van der Waals surface area (Å²) < 4.78 is 12.1. The monoisotopic (exact) mass is 324 g/mol. The van der Waals surface area contributed by atoms with E-state index in [-0.39, 0.29) is 18.3 Å². The number of alkyl halides is 1. The molecule has 0 saturated carbocycles. The first-order valence-corrected chi connectivity index (χ1v) is 8.27. The van der Waals surface area contributed by atoms with Gasteiger partial charge in [-0.05, 0) is 44.3 Å². The van der Waals surface area contributed by atoms with Crippen molar-refractivity contribution in [2.24, 2.45) is 0 Å². The van der Waals surface area contributed by atoms with Crippen molar-refractivity contribution >= 4 is 37.4 Å². The third-order valence-electron chi connectivity index (χ3n) is 4.22. The quantitative estimate of drug-likeness (QED) is 0.503. The van der Waals surface area contributed by atoms with Gasteiger partial charge in [-0.2, -0.15) is 12.6 Å². The second-order valence-electron chi connectivity index (χ2n) is 6.34. The molecule has 21 heavy (non-hydrogen) atoms. The molecule has 0 aliphatic carbocycles. The molecule has 2 rings (SSSR count). The minimum absolute atomic E-state index is 0.331. The van der Waals surface area contributed by atoms with Crippen molar-refractivity contribution in [1.82, 2.24) is 0 Å². The van der Waals surface area contributed by atoms with Gasteiger partial charge in [-0.3, -0.25) is 0 Å². The number of benzene rings is 1. The number of rotatable bonds is 4. The summed E-state index contributed by atoms with van der Waals surface area (Å²) >= 11 is 10.2. The molecule has 2 nitrogen and oxygen atoms in total. The van der Waals surface area contributed by atoms with Gasteiger partial charge in [0.05, 0.1) is 11.2 Å². The van der Waals surface area contributed by atoms with Gasteiger partial charge in [0.1, 0.15) is 0 Å². The third-order valence-corrected chi connectivity index (χ3v) is 4.90. The lowest BCUT2D eigenvalue weighted by Crippen LogP contribution is -2.41. The van der Waals surface area contributed by atoms with E-state index in [4.69, 9.17) is 20.9 Å². The summed E-state index contributed by atoms with van der Waals surface area (Å²) in [5, 5.41) is 0. The molecule has 0 bridgehead atoms. The highest BCUT2D eigenvalue weighted by molar-refractivity contribution is 7.80. The maximum Gasteiger partial charge on any atom is 0.491 e. The number of halogens is 1. The predicted molar refractivity (Wildman–Crippen MR) is 93.9 cm³/mol. The van der Waals surface area contributed by atoms with Gasteiger partial charge in [-0.25, -0.2) is 0 Å². The van der Waals surface area contributed by atoms with Crippen LogP contribution in [0.2, 0.25) is 0 Å². The van der Waals surface area contributed by atoms with Crippen LogP contribution in [0.5, 0.6) is 0 Å². The van der Waals surface area contributed by atoms with E-state index in [1.807, 2.05) is 24.3 Å². The van der Waals surface area contributed by atoms with Crippen LogP contribution >= 0.6 is 24.2 Å². The van der Waals surface area contributed by atoms with Crippen molar-refractivity contribution in [3.63, 3.8) is 0 Å². The Bertz CT molecular complexity index is 510. The Hall–Kier alpha value is -0.415. The minimum Gasteiger partial charge on any atom is -0.400 e. The van der Waals surface area contributed by atoms with Gasteiger partial charge in [-0.15, -0.1) is 11.6 Å². The van der Waals surface area contributed by atoms with Crippen molar-refractivity contribution in [1.29, 1.82) is 0 Å². The van der Waals surface area contributed by atoms with Crippen LogP contribution in [0.1, 0.15) is 38.8 Å². The van der Waals surface area contributed by atoms with Crippen molar-refractivity contribution in [2.75, 3.05) is 5.75 Å². The van der Waals surface area contributed by atoms with Gasteiger partial charge in [0.25, 0.3) is 0 Å². The van der Waals surface area contributed by atoms with Crippen LogP contribution in [-0.4, -0.2) is 24.1 Å². The first-order valence-electron chi connectivity index (χ1n) is 7.11. The molecule has 1 aliphatic rings. The molecule has 114 valence electrons. The minimum atomic E-state index is -0.347. The zero-order chi connectivity index (χ0) is 15.7. The maximum atomic E-state index is 6.07. The van der Waals surface area contributed by atoms with Gasteiger partial charge >= 0.3 is 7.12 Å². The molecule has 0 atom stereocenters. The van der Waals surface area contributed by atoms with E-state index < -0.39 is 0 Å². The molecule has 0 radical (unpaired) electrons. The lowest BCUT2D eigenvalue weighted by Gasteiger charge is -2.32. The summed E-state index contributed by atoms with van der Waals surface area (Å²) in [5.74, 6) is 1.12. The van der Waals surface area contributed by atoms with Crippen molar-refractivity contribution in [3.8, 4) is 0 Å². The first kappa shape index (κ1) is 16.9. The Labute approximate surface area is 138 Å². The molecule has 0 spiro atoms. The molecule has 0 N–H and O–H groups in total. The zero-order valence-electron chi connectivity index (χ0n) is 13.0. The van der Waals surface area contributed by atoms with Gasteiger partial charge < -0.3 is 9.31 Å². The summed E-state index contributed by atoms with van der Waals surface area (Å²) in [6, 6.07) is 8.15. The smallest absolute Gasteiger partial charge is 0.400 e. The van der Waals surface area contributed by atoms with Crippen LogP contribution in [0.4, 0.5) is 0 Å². The summed E-state index contributed by atoms with van der Waals surface area (Å²) in [5.41, 5.74) is 2.57. The van der Waals surface area contributed by atoms with E-state index in [0.717, 1.165) is 16.6 Å². The van der Waals surface area contributed by atoms with Gasteiger partial charge in [-0.1, -0.05) is 30.3 Å². The van der Waals surface area contributed by atoms with Crippen LogP contribution in [-0.2, 0) is 15.2 Å². The van der Waals surface area contributed by atoms with Crippen LogP contribution in [0.15, 0.2) is 29.7 Å². The molecule has 1 aliphatic heterocycles. The SMILES string of the molecule is CC1(C)OB(C(=Cc2ccc(CCl)cc2)CS)OC1(C)C. The van der Waals surface area contributed by atoms with E-state index in [2.05, 4.69) is 46.4 Å². The van der Waals surface area contributed by atoms with Crippen LogP contribution in [0.25, 0.3) is 6.08 Å². The Morgan fingerprint density at radius 3 is 2.10 bits per heavy atom. The highest BCUT2D eigenvalue weighted by Gasteiger charge is 2.52. The van der Waals surface area contributed by atoms with E-state index in [1.54, 1.807) is 0 Å². The molecule has 0 aromatic heterocycles. The van der Waals surface area contributed by atoms with Crippen LogP contribution in [0, 0.1) is 0 Å². The highest BCUT2D eigenvalue weighted by Crippen LogP contribution is 2.39. The molecule has 1 saturated heterocycles. The van der Waals surface area contributed by atoms with E-state index in [0.29, 0.717) is 11.6 Å². The maximum absolute atomic E-state index is 6.07. The molecule has 1 aromatic carbocycles. The first-order chi connectivity index (χ1) is 9.79. The lowest BCUT2D eigenvalue weighted by molar-refractivity contribution is 0.00578. The summed E-state index contributed by atoms with van der Waals surface area (Å²) in [6.45, 7) is 8.22. The summed E-state index contributed by atoms with van der Waals surface area (Å²) in [6.07, 6.45) is 2.08. The van der Waals surface area contributed by atoms with E-state index >= 15 is 0 Å². The fourth-order valence-electron chi connectivity index (χ4n) is 2.10. The lowest BCUT2D eigenvalue weighted by atomic mass is 9.78. The molecule has 0 amide bonds. The Morgan fingerprint density at radius 2 is 1.67 bits per heavy atom. The largest absolute Gasteiger partial charge is 0.491 e. The summed E-state index contributed by atoms with van der Waals surface area (Å²) in [4.78, 5) is 0. The average molecular weight is 325 g/mol. The zero-order valence-corrected chi connectivity index (χ0v) is 14.7. The molecule has 5 heteroatoms. The second kappa shape index (κ2) is 6.37. The average Bonchev–Trinajstić information content (AvgIpc) is 2.65. The number of hydrogen-bond acceptors (Lipinski definition) is 3. The molecule has 1 heterocycles. The van der Waals surface area contributed by atoms with Crippen molar-refractivity contribution < 1.29 is 9.31 Å². The predicted octanol–water partition coefficient (Wildman–Crippen LogP) is 4.37. The molecule has 1 fully saturated rings. The van der Waals surface area contributed by atoms with Gasteiger partial charge in [0.2, 0.25) is 0 Å². The molecular formula is C16H22BClO2S. The number of hydrogen-bond donors (Lipinski definition) is 1. The Morgan fingerprint density at radius 1 is 1.14 bits per heavy atom. The fraction of sp³-hybridized carbons (Fsp3) is 0.500. The standard InChI is InChI=1S/C16H22BClO2S/c1-15(2)16(3,4)20-17(19-15)14(11-21)9-12-5-7-13(10-18)8-6-12/h5-9,21H,10-11H2,1-4H3. The van der Waals surface area contributed by atoms with Crippen LogP contribution in [0.3, 0.4) is 0 Å². The topological polar surface area (TPSA) is 18.5 Å². The molecule has 0 unspecified atom stereocenters. The third kappa shape index (κ3) is 3.68. The van der Waals surface area contributed by atoms with Crippen molar-refractivity contribution in [3.05, 3.63) is 40.9 Å². The van der Waals surface area contributed by atoms with Gasteiger partial charge in [0.15, 0.2) is 0 Å². The Balaban J connectivity index is 2.22. The van der Waals surface area contributed by atoms with Crippen LogP contribution < -0.4 is 0 Å². The van der Waals surface area contributed by atoms with E-state index in [1.165, 1.54) is 0 Å². The van der Waals surface area contributed by atoms with E-state index in [9.17, 15) is 0 Å². The number of thiol groups is 1. The van der Waals surface area contributed by atoms with Gasteiger partial charge in [0, 0.05) is 11.6 Å². The molecular weight excluding hydrogens is 303 g/mol. The summed E-state index contributed by atoms with van der Waals surface area (Å²) in [7, 11) is -0.347. The Kier molecular flexibility index (Phi) is 5.14. The fourth-order valence-corrected chi connectivity index (χ4v) is 2.52. The highest BCUT2D eigenvalue weighted by atomic mass is 35.5. The molecule has 1 aromatic rings. The van der Waals surface area contributed by atoms with Crippen molar-refractivity contribution in [2.45, 2.75) is 44.8 Å². The normalized spacial score (nSPS) is 20.9.